The van der Waals surface area contributed by atoms with Crippen molar-refractivity contribution in [2.75, 3.05) is 6.61 Å². The molecule has 3 aromatic rings. The number of carbonyl (C=O) groups is 2. The van der Waals surface area contributed by atoms with Crippen molar-refractivity contribution in [2.24, 2.45) is 5.10 Å². The summed E-state index contributed by atoms with van der Waals surface area (Å²) in [5.41, 5.74) is 3.66. The number of carbonyl (C=O) groups excluding carboxylic acids is 2. The summed E-state index contributed by atoms with van der Waals surface area (Å²) in [6.45, 7) is 4.67. The van der Waals surface area contributed by atoms with E-state index in [0.717, 1.165) is 30.0 Å². The van der Waals surface area contributed by atoms with Crippen molar-refractivity contribution in [1.82, 2.24) is 5.43 Å². The monoisotopic (exact) mass is 488 g/mol. The van der Waals surface area contributed by atoms with Crippen LogP contribution in [0.15, 0.2) is 65.8 Å². The summed E-state index contributed by atoms with van der Waals surface area (Å²) in [6.07, 6.45) is 10.1. The zero-order valence-electron chi connectivity index (χ0n) is 21.3. The Labute approximate surface area is 213 Å². The van der Waals surface area contributed by atoms with Crippen molar-refractivity contribution in [1.29, 1.82) is 0 Å². The molecule has 0 radical (unpaired) electrons. The number of benzene rings is 3. The second-order valence-corrected chi connectivity index (χ2v) is 8.71. The molecule has 36 heavy (non-hydrogen) atoms. The smallest absolute Gasteiger partial charge is 0.343 e. The van der Waals surface area contributed by atoms with Gasteiger partial charge >= 0.3 is 5.97 Å². The van der Waals surface area contributed by atoms with Crippen LogP contribution in [0.4, 0.5) is 0 Å². The predicted octanol–water partition coefficient (Wildman–Crippen LogP) is 7.05. The first-order valence-electron chi connectivity index (χ1n) is 12.9. The van der Waals surface area contributed by atoms with Crippen LogP contribution in [-0.4, -0.2) is 24.7 Å². The van der Waals surface area contributed by atoms with Crippen LogP contribution in [0.1, 0.15) is 81.1 Å². The van der Waals surface area contributed by atoms with E-state index in [1.54, 1.807) is 36.5 Å². The van der Waals surface area contributed by atoms with Crippen LogP contribution in [0, 0.1) is 0 Å². The zero-order valence-corrected chi connectivity index (χ0v) is 21.3. The second kappa shape index (κ2) is 14.7. The average molecular weight is 489 g/mol. The molecule has 0 saturated carbocycles. The summed E-state index contributed by atoms with van der Waals surface area (Å²) in [5, 5.41) is 6.03. The number of hydrazone groups is 1. The van der Waals surface area contributed by atoms with Crippen molar-refractivity contribution < 1.29 is 19.1 Å². The summed E-state index contributed by atoms with van der Waals surface area (Å²) in [7, 11) is 0. The molecule has 0 atom stereocenters. The number of fused-ring (bicyclic) bond motifs is 1. The van der Waals surface area contributed by atoms with Crippen LogP contribution in [0.3, 0.4) is 0 Å². The minimum Gasteiger partial charge on any atom is -0.494 e. The van der Waals surface area contributed by atoms with Gasteiger partial charge in [0.1, 0.15) is 11.5 Å². The van der Waals surface area contributed by atoms with Gasteiger partial charge in [0, 0.05) is 12.0 Å². The van der Waals surface area contributed by atoms with Crippen LogP contribution in [0.25, 0.3) is 10.8 Å². The summed E-state index contributed by atoms with van der Waals surface area (Å²) in [4.78, 5) is 25.0. The van der Waals surface area contributed by atoms with E-state index in [4.69, 9.17) is 9.47 Å². The SMILES string of the molecule is CCCCCCCCCC(=O)N/N=C/c1c(OC(=O)c2ccc(OCC)cc2)ccc2ccccc12. The van der Waals surface area contributed by atoms with E-state index in [2.05, 4.69) is 17.5 Å². The Morgan fingerprint density at radius 3 is 2.33 bits per heavy atom. The molecule has 1 N–H and O–H groups in total. The molecule has 0 aliphatic rings. The number of nitrogens with zero attached hydrogens (tertiary/aromatic N) is 1. The molecule has 0 aromatic heterocycles. The lowest BCUT2D eigenvalue weighted by molar-refractivity contribution is -0.121. The van der Waals surface area contributed by atoms with Crippen LogP contribution in [0.2, 0.25) is 0 Å². The van der Waals surface area contributed by atoms with Crippen molar-refractivity contribution in [3.8, 4) is 11.5 Å². The molecule has 6 heteroatoms. The van der Waals surface area contributed by atoms with E-state index in [1.165, 1.54) is 25.7 Å². The van der Waals surface area contributed by atoms with Gasteiger partial charge < -0.3 is 9.47 Å². The Bertz CT molecular complexity index is 1160. The van der Waals surface area contributed by atoms with Gasteiger partial charge in [0.05, 0.1) is 18.4 Å². The second-order valence-electron chi connectivity index (χ2n) is 8.71. The molecule has 190 valence electrons. The maximum absolute atomic E-state index is 12.8. The highest BCUT2D eigenvalue weighted by molar-refractivity contribution is 6.04. The van der Waals surface area contributed by atoms with Gasteiger partial charge in [-0.15, -0.1) is 0 Å². The van der Waals surface area contributed by atoms with Crippen LogP contribution < -0.4 is 14.9 Å². The zero-order chi connectivity index (χ0) is 25.6. The molecule has 6 nitrogen and oxygen atoms in total. The normalized spacial score (nSPS) is 11.1. The number of rotatable bonds is 14. The molecular weight excluding hydrogens is 452 g/mol. The molecule has 0 unspecified atom stereocenters. The van der Waals surface area contributed by atoms with Crippen molar-refractivity contribution in [2.45, 2.75) is 65.2 Å². The van der Waals surface area contributed by atoms with Crippen molar-refractivity contribution in [3.05, 3.63) is 71.8 Å². The average Bonchev–Trinajstić information content (AvgIpc) is 2.89. The molecular formula is C30H36N2O4. The van der Waals surface area contributed by atoms with Crippen LogP contribution >= 0.6 is 0 Å². The molecule has 0 bridgehead atoms. The Kier molecular flexibility index (Phi) is 11.0. The van der Waals surface area contributed by atoms with Gasteiger partial charge in [0.25, 0.3) is 0 Å². The van der Waals surface area contributed by atoms with E-state index in [9.17, 15) is 9.59 Å². The lowest BCUT2D eigenvalue weighted by Gasteiger charge is -2.11. The maximum Gasteiger partial charge on any atom is 0.343 e. The third-order valence-corrected chi connectivity index (χ3v) is 5.92. The Morgan fingerprint density at radius 1 is 0.861 bits per heavy atom. The van der Waals surface area contributed by atoms with Gasteiger partial charge in [-0.05, 0) is 54.4 Å². The fourth-order valence-electron chi connectivity index (χ4n) is 3.98. The topological polar surface area (TPSA) is 77.0 Å². The lowest BCUT2D eigenvalue weighted by atomic mass is 10.0. The van der Waals surface area contributed by atoms with Gasteiger partial charge in [-0.3, -0.25) is 4.79 Å². The highest BCUT2D eigenvalue weighted by Gasteiger charge is 2.14. The third-order valence-electron chi connectivity index (χ3n) is 5.92. The summed E-state index contributed by atoms with van der Waals surface area (Å²) in [6, 6.07) is 18.2. The Balaban J connectivity index is 1.64. The van der Waals surface area contributed by atoms with E-state index >= 15 is 0 Å². The minimum absolute atomic E-state index is 0.118. The number of hydrogen-bond donors (Lipinski definition) is 1. The number of unbranched alkanes of at least 4 members (excludes halogenated alkanes) is 6. The van der Waals surface area contributed by atoms with Gasteiger partial charge in [0.2, 0.25) is 5.91 Å². The summed E-state index contributed by atoms with van der Waals surface area (Å²) in [5.74, 6) is 0.469. The predicted molar refractivity (Wildman–Crippen MR) is 145 cm³/mol. The molecule has 0 aliphatic carbocycles. The molecule has 0 aliphatic heterocycles. The number of esters is 1. The molecule has 0 fully saturated rings. The summed E-state index contributed by atoms with van der Waals surface area (Å²) >= 11 is 0. The van der Waals surface area contributed by atoms with E-state index in [-0.39, 0.29) is 5.91 Å². The van der Waals surface area contributed by atoms with Gasteiger partial charge in [-0.1, -0.05) is 75.8 Å². The standard InChI is InChI=1S/C30H36N2O4/c1-3-5-6-7-8-9-10-15-29(33)32-31-22-27-26-14-12-11-13-23(26)18-21-28(27)36-30(34)24-16-19-25(20-17-24)35-4-2/h11-14,16-22H,3-10,15H2,1-2H3,(H,32,33)/b31-22+. The number of amides is 1. The first-order valence-corrected chi connectivity index (χ1v) is 12.9. The molecule has 0 spiro atoms. The van der Waals surface area contributed by atoms with E-state index in [0.29, 0.717) is 35.7 Å². The molecule has 0 saturated heterocycles. The quantitative estimate of drug-likeness (QED) is 0.0867. The maximum atomic E-state index is 12.8. The minimum atomic E-state index is -0.481. The van der Waals surface area contributed by atoms with Crippen LogP contribution in [0.5, 0.6) is 11.5 Å². The third kappa shape index (κ3) is 8.22. The van der Waals surface area contributed by atoms with Gasteiger partial charge in [-0.2, -0.15) is 5.10 Å². The Morgan fingerprint density at radius 2 is 1.58 bits per heavy atom. The summed E-state index contributed by atoms with van der Waals surface area (Å²) < 4.78 is 11.2. The molecule has 3 rings (SSSR count). The van der Waals surface area contributed by atoms with Crippen molar-refractivity contribution in [3.63, 3.8) is 0 Å². The van der Waals surface area contributed by atoms with Crippen molar-refractivity contribution >= 4 is 28.9 Å². The Hall–Kier alpha value is -3.67. The number of nitrogens with one attached hydrogen (secondary N) is 1. The molecule has 1 amide bonds. The fourth-order valence-corrected chi connectivity index (χ4v) is 3.98. The van der Waals surface area contributed by atoms with E-state index < -0.39 is 5.97 Å². The number of hydrogen-bond acceptors (Lipinski definition) is 5. The lowest BCUT2D eigenvalue weighted by Crippen LogP contribution is -2.17. The highest BCUT2D eigenvalue weighted by Crippen LogP contribution is 2.27. The first-order chi connectivity index (χ1) is 17.6. The van der Waals surface area contributed by atoms with Crippen LogP contribution in [-0.2, 0) is 4.79 Å². The highest BCUT2D eigenvalue weighted by atomic mass is 16.5. The largest absolute Gasteiger partial charge is 0.494 e. The van der Waals surface area contributed by atoms with Gasteiger partial charge in [0.15, 0.2) is 0 Å². The molecule has 3 aromatic carbocycles. The van der Waals surface area contributed by atoms with E-state index in [1.807, 2.05) is 37.3 Å². The first kappa shape index (κ1) is 26.9. The number of ether oxygens (including phenoxy) is 2. The fraction of sp³-hybridized carbons (Fsp3) is 0.367. The molecule has 0 heterocycles. The van der Waals surface area contributed by atoms with Gasteiger partial charge in [-0.25, -0.2) is 10.2 Å².